The van der Waals surface area contributed by atoms with Gasteiger partial charge in [-0.25, -0.2) is 4.39 Å². The molecule has 1 amide bonds. The molecule has 0 aliphatic carbocycles. The standard InChI is InChI=1S/C22H22FN3OS2/c23-19-11-5-4-10-18(19)22-25-24-21(29-22)17-9-6-12-26(13-17)20(27)15-28-14-16-7-2-1-3-8-16/h1-5,7-8,10-11,17H,6,9,12-15H2. The van der Waals surface area contributed by atoms with E-state index in [-0.39, 0.29) is 17.6 Å². The number of halogens is 1. The minimum atomic E-state index is -0.286. The molecule has 4 nitrogen and oxygen atoms in total. The average molecular weight is 428 g/mol. The van der Waals surface area contributed by atoms with Crippen molar-refractivity contribution in [3.63, 3.8) is 0 Å². The maximum absolute atomic E-state index is 14.0. The second kappa shape index (κ2) is 9.50. The van der Waals surface area contributed by atoms with E-state index in [1.54, 1.807) is 30.0 Å². The molecule has 0 saturated carbocycles. The van der Waals surface area contributed by atoms with E-state index in [0.717, 1.165) is 30.1 Å². The fraction of sp³-hybridized carbons (Fsp3) is 0.318. The molecule has 29 heavy (non-hydrogen) atoms. The molecule has 3 aromatic rings. The van der Waals surface area contributed by atoms with Crippen molar-refractivity contribution in [1.82, 2.24) is 15.1 Å². The lowest BCUT2D eigenvalue weighted by atomic mass is 9.99. The summed E-state index contributed by atoms with van der Waals surface area (Å²) in [5.41, 5.74) is 1.72. The summed E-state index contributed by atoms with van der Waals surface area (Å²) in [5.74, 6) is 1.38. The second-order valence-electron chi connectivity index (χ2n) is 7.08. The molecule has 150 valence electrons. The zero-order valence-electron chi connectivity index (χ0n) is 16.0. The van der Waals surface area contributed by atoms with Crippen molar-refractivity contribution in [2.45, 2.75) is 24.5 Å². The summed E-state index contributed by atoms with van der Waals surface area (Å²) in [6.07, 6.45) is 1.93. The van der Waals surface area contributed by atoms with Gasteiger partial charge in [0.05, 0.1) is 5.75 Å². The summed E-state index contributed by atoms with van der Waals surface area (Å²) >= 11 is 3.08. The van der Waals surface area contributed by atoms with Crippen LogP contribution in [0.15, 0.2) is 54.6 Å². The first kappa shape index (κ1) is 20.0. The van der Waals surface area contributed by atoms with Gasteiger partial charge in [-0.05, 0) is 30.5 Å². The van der Waals surface area contributed by atoms with Crippen molar-refractivity contribution in [3.05, 3.63) is 71.0 Å². The van der Waals surface area contributed by atoms with Gasteiger partial charge in [-0.2, -0.15) is 0 Å². The van der Waals surface area contributed by atoms with Crippen molar-refractivity contribution in [3.8, 4) is 10.6 Å². The van der Waals surface area contributed by atoms with Gasteiger partial charge >= 0.3 is 0 Å². The summed E-state index contributed by atoms with van der Waals surface area (Å²) in [6.45, 7) is 1.46. The maximum atomic E-state index is 14.0. The Hall–Kier alpha value is -2.25. The molecule has 7 heteroatoms. The minimum Gasteiger partial charge on any atom is -0.341 e. The van der Waals surface area contributed by atoms with Crippen molar-refractivity contribution < 1.29 is 9.18 Å². The number of amides is 1. The highest BCUT2D eigenvalue weighted by Gasteiger charge is 2.27. The smallest absolute Gasteiger partial charge is 0.232 e. The van der Waals surface area contributed by atoms with Gasteiger partial charge in [0, 0.05) is 30.3 Å². The van der Waals surface area contributed by atoms with Crippen LogP contribution in [0.1, 0.15) is 29.3 Å². The average Bonchev–Trinajstić information content (AvgIpc) is 3.25. The fourth-order valence-corrected chi connectivity index (χ4v) is 5.35. The highest BCUT2D eigenvalue weighted by atomic mass is 32.2. The number of carbonyl (C=O) groups excluding carboxylic acids is 1. The predicted octanol–water partition coefficient (Wildman–Crippen LogP) is 4.98. The summed E-state index contributed by atoms with van der Waals surface area (Å²) < 4.78 is 14.0. The Labute approximate surface area is 178 Å². The second-order valence-corrected chi connectivity index (χ2v) is 9.08. The molecule has 1 aliphatic heterocycles. The lowest BCUT2D eigenvalue weighted by Crippen LogP contribution is -2.40. The third kappa shape index (κ3) is 5.03. The Morgan fingerprint density at radius 1 is 1.14 bits per heavy atom. The van der Waals surface area contributed by atoms with E-state index in [1.165, 1.54) is 23.0 Å². The summed E-state index contributed by atoms with van der Waals surface area (Å²) in [7, 11) is 0. The molecular formula is C22H22FN3OS2. The lowest BCUT2D eigenvalue weighted by molar-refractivity contribution is -0.129. The minimum absolute atomic E-state index is 0.171. The van der Waals surface area contributed by atoms with Crippen LogP contribution in [-0.4, -0.2) is 39.8 Å². The third-order valence-corrected chi connectivity index (χ3v) is 7.11. The van der Waals surface area contributed by atoms with E-state index in [2.05, 4.69) is 22.3 Å². The van der Waals surface area contributed by atoms with Gasteiger partial charge < -0.3 is 4.90 Å². The zero-order chi connectivity index (χ0) is 20.1. The van der Waals surface area contributed by atoms with E-state index in [9.17, 15) is 9.18 Å². The van der Waals surface area contributed by atoms with E-state index < -0.39 is 0 Å². The number of hydrogen-bond acceptors (Lipinski definition) is 5. The number of hydrogen-bond donors (Lipinski definition) is 0. The Kier molecular flexibility index (Phi) is 6.56. The van der Waals surface area contributed by atoms with Crippen molar-refractivity contribution >= 4 is 29.0 Å². The number of aromatic nitrogens is 2. The topological polar surface area (TPSA) is 46.1 Å². The number of benzene rings is 2. The number of carbonyl (C=O) groups is 1. The molecular weight excluding hydrogens is 405 g/mol. The number of likely N-dealkylation sites (tertiary alicyclic amines) is 1. The first-order valence-electron chi connectivity index (χ1n) is 9.68. The van der Waals surface area contributed by atoms with Crippen LogP contribution in [0.2, 0.25) is 0 Å². The number of piperidine rings is 1. The first-order valence-corrected chi connectivity index (χ1v) is 11.7. The van der Waals surface area contributed by atoms with E-state index >= 15 is 0 Å². The van der Waals surface area contributed by atoms with Crippen LogP contribution in [0.5, 0.6) is 0 Å². The molecule has 2 aromatic carbocycles. The molecule has 2 heterocycles. The lowest BCUT2D eigenvalue weighted by Gasteiger charge is -2.31. The van der Waals surface area contributed by atoms with Crippen molar-refractivity contribution in [2.24, 2.45) is 0 Å². The van der Waals surface area contributed by atoms with Gasteiger partial charge in [0.15, 0.2) is 5.01 Å². The monoisotopic (exact) mass is 427 g/mol. The van der Waals surface area contributed by atoms with Crippen LogP contribution in [0.4, 0.5) is 4.39 Å². The number of nitrogens with zero attached hydrogens (tertiary/aromatic N) is 3. The van der Waals surface area contributed by atoms with E-state index in [4.69, 9.17) is 0 Å². The molecule has 4 rings (SSSR count). The Morgan fingerprint density at radius 3 is 2.76 bits per heavy atom. The normalized spacial score (nSPS) is 16.7. The fourth-order valence-electron chi connectivity index (χ4n) is 3.47. The highest BCUT2D eigenvalue weighted by molar-refractivity contribution is 7.99. The van der Waals surface area contributed by atoms with Crippen molar-refractivity contribution in [2.75, 3.05) is 18.8 Å². The zero-order valence-corrected chi connectivity index (χ0v) is 17.6. The van der Waals surface area contributed by atoms with E-state index in [0.29, 0.717) is 22.9 Å². The summed E-state index contributed by atoms with van der Waals surface area (Å²) in [6, 6.07) is 16.8. The molecule has 1 fully saturated rings. The molecule has 0 bridgehead atoms. The van der Waals surface area contributed by atoms with Crippen molar-refractivity contribution in [1.29, 1.82) is 0 Å². The van der Waals surface area contributed by atoms with Gasteiger partial charge in [0.2, 0.25) is 5.91 Å². The predicted molar refractivity (Wildman–Crippen MR) is 116 cm³/mol. The van der Waals surface area contributed by atoms with Gasteiger partial charge in [-0.15, -0.1) is 22.0 Å². The molecule has 1 unspecified atom stereocenters. The van der Waals surface area contributed by atoms with Gasteiger partial charge in [-0.3, -0.25) is 4.79 Å². The van der Waals surface area contributed by atoms with Crippen LogP contribution < -0.4 is 0 Å². The largest absolute Gasteiger partial charge is 0.341 e. The number of thioether (sulfide) groups is 1. The van der Waals surface area contributed by atoms with Crippen LogP contribution in [0, 0.1) is 5.82 Å². The molecule has 1 aromatic heterocycles. The van der Waals surface area contributed by atoms with Crippen LogP contribution in [0.25, 0.3) is 10.6 Å². The maximum Gasteiger partial charge on any atom is 0.232 e. The number of rotatable bonds is 6. The Balaban J connectivity index is 1.35. The first-order chi connectivity index (χ1) is 14.2. The Morgan fingerprint density at radius 2 is 1.93 bits per heavy atom. The molecule has 0 radical (unpaired) electrons. The van der Waals surface area contributed by atoms with Crippen LogP contribution in [-0.2, 0) is 10.5 Å². The highest BCUT2D eigenvalue weighted by Crippen LogP contribution is 2.33. The van der Waals surface area contributed by atoms with Gasteiger partial charge in [0.1, 0.15) is 10.8 Å². The van der Waals surface area contributed by atoms with Gasteiger partial charge in [-0.1, -0.05) is 53.8 Å². The van der Waals surface area contributed by atoms with Crippen LogP contribution in [0.3, 0.4) is 0 Å². The molecule has 1 saturated heterocycles. The third-order valence-electron chi connectivity index (χ3n) is 5.01. The molecule has 0 spiro atoms. The summed E-state index contributed by atoms with van der Waals surface area (Å²) in [5, 5.41) is 9.99. The Bertz CT molecular complexity index is 963. The van der Waals surface area contributed by atoms with Gasteiger partial charge in [0.25, 0.3) is 0 Å². The molecule has 0 N–H and O–H groups in total. The molecule has 1 aliphatic rings. The van der Waals surface area contributed by atoms with Crippen LogP contribution >= 0.6 is 23.1 Å². The SMILES string of the molecule is O=C(CSCc1ccccc1)N1CCCC(c2nnc(-c3ccccc3F)s2)C1. The molecule has 1 atom stereocenters. The van der Waals surface area contributed by atoms with E-state index in [1.807, 2.05) is 23.1 Å². The summed E-state index contributed by atoms with van der Waals surface area (Å²) in [4.78, 5) is 14.6. The quantitative estimate of drug-likeness (QED) is 0.556.